The second-order valence-electron chi connectivity index (χ2n) is 4.01. The van der Waals surface area contributed by atoms with Gasteiger partial charge in [0.25, 0.3) is 0 Å². The molecule has 5 heteroatoms. The van der Waals surface area contributed by atoms with Crippen LogP contribution in [0.25, 0.3) is 11.3 Å². The van der Waals surface area contributed by atoms with Gasteiger partial charge >= 0.3 is 0 Å². The molecule has 1 aromatic heterocycles. The van der Waals surface area contributed by atoms with Gasteiger partial charge in [0.2, 0.25) is 0 Å². The lowest BCUT2D eigenvalue weighted by Gasteiger charge is -2.09. The molecule has 0 fully saturated rings. The number of aliphatic hydroxyl groups is 1. The molecule has 0 aliphatic heterocycles. The van der Waals surface area contributed by atoms with Crippen LogP contribution >= 0.6 is 0 Å². The number of nitrogens with two attached hydrogens (primary N) is 1. The first kappa shape index (κ1) is 12.6. The fraction of sp³-hybridized carbons (Fsp3) is 0.231. The van der Waals surface area contributed by atoms with Gasteiger partial charge in [-0.1, -0.05) is 0 Å². The van der Waals surface area contributed by atoms with E-state index >= 15 is 0 Å². The number of hydrogen-bond donors (Lipinski definition) is 2. The van der Waals surface area contributed by atoms with Crippen molar-refractivity contribution in [1.29, 1.82) is 0 Å². The van der Waals surface area contributed by atoms with E-state index < -0.39 is 6.10 Å². The van der Waals surface area contributed by atoms with Crippen molar-refractivity contribution in [1.82, 2.24) is 9.97 Å². The highest BCUT2D eigenvalue weighted by Gasteiger charge is 2.11. The van der Waals surface area contributed by atoms with Gasteiger partial charge in [0.05, 0.1) is 5.69 Å². The topological polar surface area (TPSA) is 72.0 Å². The number of aryl methyl sites for hydroxylation is 1. The van der Waals surface area contributed by atoms with Crippen LogP contribution in [-0.4, -0.2) is 21.6 Å². The minimum absolute atomic E-state index is 0.0618. The first-order valence-electron chi connectivity index (χ1n) is 5.60. The third-order valence-electron chi connectivity index (χ3n) is 2.53. The highest BCUT2D eigenvalue weighted by molar-refractivity contribution is 5.59. The molecular weight excluding hydrogens is 233 g/mol. The van der Waals surface area contributed by atoms with Gasteiger partial charge in [-0.25, -0.2) is 14.4 Å². The van der Waals surface area contributed by atoms with Gasteiger partial charge < -0.3 is 10.8 Å². The summed E-state index contributed by atoms with van der Waals surface area (Å²) in [5.74, 6) is -0.0106. The average molecular weight is 247 g/mol. The van der Waals surface area contributed by atoms with Crippen LogP contribution in [-0.2, 0) is 0 Å². The molecule has 4 nitrogen and oxygen atoms in total. The molecule has 0 aliphatic rings. The normalized spacial score (nSPS) is 12.4. The maximum atomic E-state index is 12.9. The molecular formula is C13H14FN3O. The number of benzene rings is 1. The maximum Gasteiger partial charge on any atom is 0.159 e. The molecule has 1 atom stereocenters. The number of halogens is 1. The van der Waals surface area contributed by atoms with Crippen LogP contribution < -0.4 is 5.73 Å². The molecule has 2 aromatic rings. The minimum atomic E-state index is -0.885. The zero-order chi connectivity index (χ0) is 13.1. The third kappa shape index (κ3) is 2.69. The summed E-state index contributed by atoms with van der Waals surface area (Å²) in [6.07, 6.45) is -0.885. The summed E-state index contributed by atoms with van der Waals surface area (Å²) < 4.78 is 12.9. The quantitative estimate of drug-likeness (QED) is 0.863. The lowest BCUT2D eigenvalue weighted by Crippen LogP contribution is -2.15. The summed E-state index contributed by atoms with van der Waals surface area (Å²) in [7, 11) is 0. The zero-order valence-corrected chi connectivity index (χ0v) is 9.97. The van der Waals surface area contributed by atoms with Crippen LogP contribution in [0.3, 0.4) is 0 Å². The molecule has 0 amide bonds. The summed E-state index contributed by atoms with van der Waals surface area (Å²) in [4.78, 5) is 8.37. The van der Waals surface area contributed by atoms with Crippen molar-refractivity contribution in [3.63, 3.8) is 0 Å². The Hall–Kier alpha value is -1.85. The van der Waals surface area contributed by atoms with E-state index in [1.165, 1.54) is 12.1 Å². The molecule has 0 radical (unpaired) electrons. The molecule has 18 heavy (non-hydrogen) atoms. The standard InChI is InChI=1S/C13H14FN3O/c1-8-6-11(9-2-4-10(14)5-3-9)17-13(16-8)12(18)7-15/h2-6,12,18H,7,15H2,1H3. The van der Waals surface area contributed by atoms with E-state index in [-0.39, 0.29) is 18.2 Å². The Kier molecular flexibility index (Phi) is 3.64. The van der Waals surface area contributed by atoms with Crippen LogP contribution in [0.15, 0.2) is 30.3 Å². The highest BCUT2D eigenvalue weighted by Crippen LogP contribution is 2.19. The van der Waals surface area contributed by atoms with Crippen molar-refractivity contribution in [2.75, 3.05) is 6.54 Å². The molecule has 0 bridgehead atoms. The molecule has 3 N–H and O–H groups in total. The van der Waals surface area contributed by atoms with E-state index in [0.717, 1.165) is 11.3 Å². The SMILES string of the molecule is Cc1cc(-c2ccc(F)cc2)nc(C(O)CN)n1. The Morgan fingerprint density at radius 1 is 1.28 bits per heavy atom. The molecule has 1 unspecified atom stereocenters. The summed E-state index contributed by atoms with van der Waals surface area (Å²) in [5, 5.41) is 9.66. The van der Waals surface area contributed by atoms with Crippen molar-refractivity contribution >= 4 is 0 Å². The van der Waals surface area contributed by atoms with E-state index in [9.17, 15) is 9.50 Å². The number of rotatable bonds is 3. The monoisotopic (exact) mass is 247 g/mol. The molecule has 0 spiro atoms. The number of aromatic nitrogens is 2. The Labute approximate surface area is 104 Å². The van der Waals surface area contributed by atoms with Gasteiger partial charge in [0.1, 0.15) is 11.9 Å². The van der Waals surface area contributed by atoms with E-state index in [2.05, 4.69) is 9.97 Å². The van der Waals surface area contributed by atoms with Crippen LogP contribution in [0.2, 0.25) is 0 Å². The molecule has 1 heterocycles. The second-order valence-corrected chi connectivity index (χ2v) is 4.01. The highest BCUT2D eigenvalue weighted by atomic mass is 19.1. The first-order valence-corrected chi connectivity index (χ1v) is 5.60. The van der Waals surface area contributed by atoms with Gasteiger partial charge in [-0.3, -0.25) is 0 Å². The van der Waals surface area contributed by atoms with E-state index in [0.29, 0.717) is 5.69 Å². The fourth-order valence-electron chi connectivity index (χ4n) is 1.61. The number of nitrogens with zero attached hydrogens (tertiary/aromatic N) is 2. The van der Waals surface area contributed by atoms with Gasteiger partial charge in [-0.05, 0) is 37.3 Å². The van der Waals surface area contributed by atoms with Crippen LogP contribution in [0, 0.1) is 12.7 Å². The summed E-state index contributed by atoms with van der Waals surface area (Å²) >= 11 is 0. The second kappa shape index (κ2) is 5.20. The predicted molar refractivity (Wildman–Crippen MR) is 66.2 cm³/mol. The number of aliphatic hydroxyl groups excluding tert-OH is 1. The average Bonchev–Trinajstić information content (AvgIpc) is 2.38. The van der Waals surface area contributed by atoms with Crippen LogP contribution in [0.1, 0.15) is 17.6 Å². The molecule has 94 valence electrons. The van der Waals surface area contributed by atoms with Crippen molar-refractivity contribution in [2.45, 2.75) is 13.0 Å². The van der Waals surface area contributed by atoms with Gasteiger partial charge in [-0.2, -0.15) is 0 Å². The Morgan fingerprint density at radius 3 is 2.56 bits per heavy atom. The summed E-state index contributed by atoms with van der Waals surface area (Å²) in [6.45, 7) is 1.87. The lowest BCUT2D eigenvalue weighted by molar-refractivity contribution is 0.176. The van der Waals surface area contributed by atoms with E-state index in [1.807, 2.05) is 0 Å². The van der Waals surface area contributed by atoms with Gasteiger partial charge in [-0.15, -0.1) is 0 Å². The summed E-state index contributed by atoms with van der Waals surface area (Å²) in [5.41, 5.74) is 7.53. The van der Waals surface area contributed by atoms with Gasteiger partial charge in [0, 0.05) is 17.8 Å². The largest absolute Gasteiger partial charge is 0.384 e. The first-order chi connectivity index (χ1) is 8.60. The molecule has 0 saturated carbocycles. The Morgan fingerprint density at radius 2 is 1.94 bits per heavy atom. The Balaban J connectivity index is 2.44. The van der Waals surface area contributed by atoms with Crippen LogP contribution in [0.5, 0.6) is 0 Å². The molecule has 0 aliphatic carbocycles. The van der Waals surface area contributed by atoms with Crippen molar-refractivity contribution in [2.24, 2.45) is 5.73 Å². The van der Waals surface area contributed by atoms with Crippen molar-refractivity contribution in [3.05, 3.63) is 47.7 Å². The van der Waals surface area contributed by atoms with Crippen molar-refractivity contribution < 1.29 is 9.50 Å². The predicted octanol–water partition coefficient (Wildman–Crippen LogP) is 1.58. The van der Waals surface area contributed by atoms with E-state index in [1.54, 1.807) is 25.1 Å². The van der Waals surface area contributed by atoms with Crippen LogP contribution in [0.4, 0.5) is 4.39 Å². The van der Waals surface area contributed by atoms with Gasteiger partial charge in [0.15, 0.2) is 5.82 Å². The molecule has 0 saturated heterocycles. The third-order valence-corrected chi connectivity index (χ3v) is 2.53. The Bertz CT molecular complexity index is 542. The number of hydrogen-bond acceptors (Lipinski definition) is 4. The summed E-state index contributed by atoms with van der Waals surface area (Å²) in [6, 6.07) is 7.78. The molecule has 1 aromatic carbocycles. The smallest absolute Gasteiger partial charge is 0.159 e. The zero-order valence-electron chi connectivity index (χ0n) is 9.97. The lowest BCUT2D eigenvalue weighted by atomic mass is 10.1. The van der Waals surface area contributed by atoms with Crippen molar-refractivity contribution in [3.8, 4) is 11.3 Å². The van der Waals surface area contributed by atoms with E-state index in [4.69, 9.17) is 5.73 Å². The minimum Gasteiger partial charge on any atom is -0.384 e. The maximum absolute atomic E-state index is 12.9. The molecule has 2 rings (SSSR count). The fourth-order valence-corrected chi connectivity index (χ4v) is 1.61.